The van der Waals surface area contributed by atoms with Gasteiger partial charge in [0.15, 0.2) is 0 Å². The van der Waals surface area contributed by atoms with Crippen LogP contribution in [0.15, 0.2) is 35.9 Å². The van der Waals surface area contributed by atoms with Crippen LogP contribution in [0.2, 0.25) is 0 Å². The van der Waals surface area contributed by atoms with E-state index in [1.54, 1.807) is 5.57 Å². The zero-order valence-electron chi connectivity index (χ0n) is 31.4. The molecular formula is C44H66O5. The van der Waals surface area contributed by atoms with Crippen LogP contribution in [-0.4, -0.2) is 44.1 Å². The van der Waals surface area contributed by atoms with E-state index in [4.69, 9.17) is 18.9 Å². The molecule has 0 amide bonds. The van der Waals surface area contributed by atoms with E-state index in [1.807, 2.05) is 24.3 Å². The van der Waals surface area contributed by atoms with Crippen molar-refractivity contribution in [3.8, 4) is 5.75 Å². The van der Waals surface area contributed by atoms with Crippen LogP contribution in [0, 0.1) is 52.3 Å². The molecule has 0 aromatic heterocycles. The van der Waals surface area contributed by atoms with Crippen LogP contribution < -0.4 is 4.74 Å². The van der Waals surface area contributed by atoms with Crippen molar-refractivity contribution in [2.75, 3.05) is 19.8 Å². The van der Waals surface area contributed by atoms with Crippen molar-refractivity contribution in [2.45, 2.75) is 149 Å². The molecule has 0 radical (unpaired) electrons. The average molecular weight is 675 g/mol. The first kappa shape index (κ1) is 35.5. The normalized spacial score (nSPS) is 38.4. The molecule has 6 aliphatic rings. The summed E-state index contributed by atoms with van der Waals surface area (Å²) in [4.78, 5) is 13.2. The fourth-order valence-corrected chi connectivity index (χ4v) is 11.9. The molecule has 11 atom stereocenters. The minimum atomic E-state index is -0.207. The van der Waals surface area contributed by atoms with Gasteiger partial charge in [-0.15, -0.1) is 0 Å². The molecule has 5 heteroatoms. The first-order valence-corrected chi connectivity index (χ1v) is 20.5. The maximum absolute atomic E-state index is 13.2. The lowest BCUT2D eigenvalue weighted by Gasteiger charge is -2.58. The lowest BCUT2D eigenvalue weighted by molar-refractivity contribution is -0.0594. The molecule has 1 saturated heterocycles. The second kappa shape index (κ2) is 15.0. The van der Waals surface area contributed by atoms with Crippen molar-refractivity contribution in [1.82, 2.24) is 0 Å². The molecule has 0 bridgehead atoms. The van der Waals surface area contributed by atoms with E-state index < -0.39 is 0 Å². The Balaban J connectivity index is 0.859. The molecule has 3 unspecified atom stereocenters. The molecule has 7 rings (SSSR count). The SMILES string of the molecule is CC(C)CCC[C@@H](C)[C@H]1CC[C@H]2[C@@H]3CC=C4C[C@@H](OC(=O)c5ccc(OCCCOCC6CCC7OC7C6)cc5)CC[C@]4(C)[C@H]3CC[C@]12C. The number of carbonyl (C=O) groups excluding carboxylic acids is 1. The third-order valence-corrected chi connectivity index (χ3v) is 14.8. The van der Waals surface area contributed by atoms with Crippen LogP contribution in [0.3, 0.4) is 0 Å². The van der Waals surface area contributed by atoms with Crippen molar-refractivity contribution in [2.24, 2.45) is 52.3 Å². The molecule has 5 fully saturated rings. The van der Waals surface area contributed by atoms with E-state index in [-0.39, 0.29) is 17.5 Å². The Hall–Kier alpha value is -1.85. The number of rotatable bonds is 14. The van der Waals surface area contributed by atoms with Gasteiger partial charge in [0.05, 0.1) is 24.4 Å². The highest BCUT2D eigenvalue weighted by Crippen LogP contribution is 2.67. The smallest absolute Gasteiger partial charge is 0.338 e. The van der Waals surface area contributed by atoms with E-state index in [0.29, 0.717) is 42.3 Å². The minimum absolute atomic E-state index is 0.0254. The quantitative estimate of drug-likeness (QED) is 0.0851. The molecular weight excluding hydrogens is 608 g/mol. The van der Waals surface area contributed by atoms with Crippen molar-refractivity contribution in [1.29, 1.82) is 0 Å². The van der Waals surface area contributed by atoms with Crippen LogP contribution in [0.5, 0.6) is 5.75 Å². The Bertz CT molecular complexity index is 1300. The lowest BCUT2D eigenvalue weighted by Crippen LogP contribution is -2.51. The molecule has 4 saturated carbocycles. The number of ether oxygens (including phenoxy) is 4. The van der Waals surface area contributed by atoms with Crippen LogP contribution in [-0.2, 0) is 14.2 Å². The van der Waals surface area contributed by atoms with Gasteiger partial charge >= 0.3 is 5.97 Å². The third kappa shape index (κ3) is 7.69. The van der Waals surface area contributed by atoms with Crippen LogP contribution in [0.1, 0.15) is 141 Å². The molecule has 272 valence electrons. The van der Waals surface area contributed by atoms with E-state index in [1.165, 1.54) is 64.2 Å². The predicted octanol–water partition coefficient (Wildman–Crippen LogP) is 10.6. The molecule has 1 aromatic rings. The molecule has 1 aliphatic heterocycles. The second-order valence-corrected chi connectivity index (χ2v) is 18.3. The van der Waals surface area contributed by atoms with Gasteiger partial charge < -0.3 is 18.9 Å². The fourth-order valence-electron chi connectivity index (χ4n) is 11.9. The van der Waals surface area contributed by atoms with Gasteiger partial charge in [0, 0.05) is 26.1 Å². The fraction of sp³-hybridized carbons (Fsp3) is 0.795. The van der Waals surface area contributed by atoms with E-state index in [9.17, 15) is 4.79 Å². The first-order chi connectivity index (χ1) is 23.6. The molecule has 5 aliphatic carbocycles. The van der Waals surface area contributed by atoms with Gasteiger partial charge in [-0.25, -0.2) is 4.79 Å². The number of esters is 1. The lowest BCUT2D eigenvalue weighted by atomic mass is 9.47. The summed E-state index contributed by atoms with van der Waals surface area (Å²) < 4.78 is 23.6. The summed E-state index contributed by atoms with van der Waals surface area (Å²) in [7, 11) is 0. The number of carbonyl (C=O) groups is 1. The zero-order chi connectivity index (χ0) is 34.2. The summed E-state index contributed by atoms with van der Waals surface area (Å²) in [6.45, 7) is 14.7. The first-order valence-electron chi connectivity index (χ1n) is 20.5. The Morgan fingerprint density at radius 1 is 0.898 bits per heavy atom. The molecule has 0 N–H and O–H groups in total. The number of hydrogen-bond donors (Lipinski definition) is 0. The van der Waals surface area contributed by atoms with Gasteiger partial charge in [0.2, 0.25) is 0 Å². The number of hydrogen-bond acceptors (Lipinski definition) is 5. The monoisotopic (exact) mass is 674 g/mol. The van der Waals surface area contributed by atoms with E-state index in [2.05, 4.69) is 40.7 Å². The minimum Gasteiger partial charge on any atom is -0.494 e. The van der Waals surface area contributed by atoms with Crippen LogP contribution in [0.25, 0.3) is 0 Å². The largest absolute Gasteiger partial charge is 0.494 e. The Morgan fingerprint density at radius 2 is 1.73 bits per heavy atom. The van der Waals surface area contributed by atoms with Crippen molar-refractivity contribution >= 4 is 5.97 Å². The number of epoxide rings is 1. The highest BCUT2D eigenvalue weighted by molar-refractivity contribution is 5.89. The van der Waals surface area contributed by atoms with Crippen molar-refractivity contribution in [3.63, 3.8) is 0 Å². The van der Waals surface area contributed by atoms with Crippen molar-refractivity contribution in [3.05, 3.63) is 41.5 Å². The third-order valence-electron chi connectivity index (χ3n) is 14.8. The maximum atomic E-state index is 13.2. The summed E-state index contributed by atoms with van der Waals surface area (Å²) in [5, 5.41) is 0. The van der Waals surface area contributed by atoms with Crippen LogP contribution in [0.4, 0.5) is 0 Å². The summed E-state index contributed by atoms with van der Waals surface area (Å²) in [5.74, 6) is 6.29. The summed E-state index contributed by atoms with van der Waals surface area (Å²) in [6, 6.07) is 7.48. The van der Waals surface area contributed by atoms with Gasteiger partial charge in [0.25, 0.3) is 0 Å². The molecule has 1 aromatic carbocycles. The topological polar surface area (TPSA) is 57.3 Å². The van der Waals surface area contributed by atoms with Crippen molar-refractivity contribution < 1.29 is 23.7 Å². The van der Waals surface area contributed by atoms with E-state index >= 15 is 0 Å². The average Bonchev–Trinajstić information content (AvgIpc) is 3.77. The number of allylic oxidation sites excluding steroid dienone is 1. The molecule has 1 heterocycles. The highest BCUT2D eigenvalue weighted by atomic mass is 16.6. The molecule has 49 heavy (non-hydrogen) atoms. The van der Waals surface area contributed by atoms with Gasteiger partial charge in [-0.3, -0.25) is 0 Å². The molecule has 5 nitrogen and oxygen atoms in total. The maximum Gasteiger partial charge on any atom is 0.338 e. The second-order valence-electron chi connectivity index (χ2n) is 18.3. The van der Waals surface area contributed by atoms with Gasteiger partial charge in [-0.2, -0.15) is 0 Å². The molecule has 0 spiro atoms. The summed E-state index contributed by atoms with van der Waals surface area (Å²) in [5.41, 5.74) is 2.97. The Morgan fingerprint density at radius 3 is 2.53 bits per heavy atom. The standard InChI is InChI=1S/C44H66O5/c1-29(2)8-6-9-30(3)37-17-18-38-36-16-13-33-27-35(20-22-43(33,4)39(36)21-23-44(37,38)5)48-42(45)32-11-14-34(15-12-32)47-25-7-24-46-28-31-10-19-40-41(26-31)49-40/h11-15,29-31,35-41H,6-10,16-28H2,1-5H3/t30-,31?,35+,36+,37-,38+,39+,40?,41?,43+,44-/m1/s1. The number of fused-ring (bicyclic) bond motifs is 6. The Kier molecular flexibility index (Phi) is 10.9. The summed E-state index contributed by atoms with van der Waals surface area (Å²) >= 11 is 0. The number of benzene rings is 1. The van der Waals surface area contributed by atoms with Crippen LogP contribution >= 0.6 is 0 Å². The summed E-state index contributed by atoms with van der Waals surface area (Å²) in [6.07, 6.45) is 22.2. The highest BCUT2D eigenvalue weighted by Gasteiger charge is 2.59. The zero-order valence-corrected chi connectivity index (χ0v) is 31.4. The Labute approximate surface area is 297 Å². The van der Waals surface area contributed by atoms with E-state index in [0.717, 1.165) is 80.0 Å². The van der Waals surface area contributed by atoms with Gasteiger partial charge in [-0.1, -0.05) is 65.5 Å². The predicted molar refractivity (Wildman–Crippen MR) is 196 cm³/mol. The van der Waals surface area contributed by atoms with Gasteiger partial charge in [-0.05, 0) is 141 Å². The van der Waals surface area contributed by atoms with Gasteiger partial charge in [0.1, 0.15) is 11.9 Å².